The maximum absolute atomic E-state index is 15.3. The van der Waals surface area contributed by atoms with Gasteiger partial charge in [-0.05, 0) is 91.6 Å². The molecule has 0 unspecified atom stereocenters. The van der Waals surface area contributed by atoms with E-state index in [4.69, 9.17) is 21.4 Å². The summed E-state index contributed by atoms with van der Waals surface area (Å²) in [5, 5.41) is 18.1. The Kier molecular flexibility index (Phi) is 10.3. The van der Waals surface area contributed by atoms with E-state index in [9.17, 15) is 41.0 Å². The van der Waals surface area contributed by atoms with Gasteiger partial charge in [0.2, 0.25) is 23.6 Å². The molecule has 1 saturated carbocycles. The lowest BCUT2D eigenvalue weighted by Crippen LogP contribution is -2.49. The molecule has 67 heavy (non-hydrogen) atoms. The van der Waals surface area contributed by atoms with Gasteiger partial charge in [0, 0.05) is 40.4 Å². The highest BCUT2D eigenvalue weighted by molar-refractivity contribution is 7.22. The number of fused-ring (bicyclic) bond motifs is 5. The Morgan fingerprint density at radius 3 is 2.22 bits per heavy atom. The molecule has 4 heterocycles. The highest BCUT2D eigenvalue weighted by atomic mass is 35.5. The predicted molar refractivity (Wildman–Crippen MR) is 236 cm³/mol. The lowest BCUT2D eigenvalue weighted by atomic mass is 9.51. The van der Waals surface area contributed by atoms with Gasteiger partial charge in [0.25, 0.3) is 0 Å². The van der Waals surface area contributed by atoms with E-state index in [1.807, 2.05) is 49.4 Å². The zero-order valence-corrected chi connectivity index (χ0v) is 37.1. The number of amides is 4. The molecule has 4 aliphatic rings. The van der Waals surface area contributed by atoms with E-state index in [-0.39, 0.29) is 48.4 Å². The molecule has 0 bridgehead atoms. The fourth-order valence-corrected chi connectivity index (χ4v) is 12.0. The normalized spacial score (nSPS) is 24.0. The van der Waals surface area contributed by atoms with Crippen LogP contribution in [-0.2, 0) is 45.2 Å². The minimum atomic E-state index is -5.25. The van der Waals surface area contributed by atoms with Crippen molar-refractivity contribution in [2.75, 3.05) is 9.80 Å². The Hall–Kier alpha value is -6.46. The van der Waals surface area contributed by atoms with Crippen molar-refractivity contribution < 1.29 is 55.4 Å². The van der Waals surface area contributed by atoms with E-state index in [1.165, 1.54) is 22.1 Å². The molecule has 2 aromatic heterocycles. The Labute approximate surface area is 387 Å². The van der Waals surface area contributed by atoms with Crippen LogP contribution >= 0.6 is 22.9 Å². The molecule has 1 N–H and O–H groups in total. The van der Waals surface area contributed by atoms with Crippen molar-refractivity contribution in [3.05, 3.63) is 135 Å². The number of hydrogen-bond donors (Lipinski definition) is 1. The molecule has 2 aliphatic carbocycles. The molecule has 4 aromatic carbocycles. The number of allylic oxidation sites excluding steroid dienone is 2. The molecule has 0 radical (unpaired) electrons. The number of halogens is 7. The Bertz CT molecular complexity index is 3100. The zero-order valence-electron chi connectivity index (χ0n) is 35.6. The highest BCUT2D eigenvalue weighted by Gasteiger charge is 2.68. The molecular formula is C49H37ClF6N4O6S. The summed E-state index contributed by atoms with van der Waals surface area (Å²) in [6, 6.07) is 21.5. The van der Waals surface area contributed by atoms with Crippen LogP contribution in [0.5, 0.6) is 11.5 Å². The van der Waals surface area contributed by atoms with E-state index < -0.39 is 87.8 Å². The SMILES string of the molecule is Cc1c(-c2cc(N3C(=O)[C@@H]4C[C@@H]5C(=CC[C@@H]6C(=O)N(c7cc(C(F)(F)F)cc(C(F)(F)F)c7)C(=O)[C@@H]65)[C@H](c5ccc(OCc6ccccc6)cc5O)[C@]4(C)C3=O)n(C)n2)sc2ccc(Cl)cc12. The molecule has 6 atom stereocenters. The number of aryl methyl sites for hydroxylation is 2. The number of benzene rings is 4. The minimum absolute atomic E-state index is 0.0857. The van der Waals surface area contributed by atoms with Crippen molar-refractivity contribution >= 4 is 68.2 Å². The van der Waals surface area contributed by atoms with E-state index in [0.29, 0.717) is 33.3 Å². The third kappa shape index (κ3) is 7.02. The maximum Gasteiger partial charge on any atom is 0.416 e. The van der Waals surface area contributed by atoms with Gasteiger partial charge in [-0.3, -0.25) is 23.9 Å². The molecule has 4 amide bonds. The molecule has 344 valence electrons. The van der Waals surface area contributed by atoms with Crippen LogP contribution in [0, 0.1) is 36.0 Å². The van der Waals surface area contributed by atoms with Crippen molar-refractivity contribution in [1.29, 1.82) is 0 Å². The minimum Gasteiger partial charge on any atom is -0.508 e. The lowest BCUT2D eigenvalue weighted by Gasteiger charge is -2.49. The number of alkyl halides is 6. The standard InChI is InChI=1S/C49H37ClF6N4O6S/c1-23-33-18-27(50)9-14-38(33)67-42(23)36-21-39(58(3)57-36)60-44(63)35-20-34-30(41(47(35,2)46(60)65)31-11-10-29(19-37(31)61)66-22-24-7-5-4-6-8-24)12-13-32-40(34)45(64)59(43(32)62)28-16-25(48(51,52)53)15-26(17-28)49(54,55)56/h4-12,14-19,21,32,34-35,40-41,61H,13,20,22H2,1-3H3/t32-,34+,35-,40-,41+,47+/m0/s1. The molecule has 2 aliphatic heterocycles. The number of aromatic hydroxyl groups is 1. The summed E-state index contributed by atoms with van der Waals surface area (Å²) in [7, 11) is 1.59. The molecule has 0 spiro atoms. The van der Waals surface area contributed by atoms with E-state index in [1.54, 1.807) is 44.3 Å². The molecule has 2 saturated heterocycles. The van der Waals surface area contributed by atoms with Crippen molar-refractivity contribution in [2.45, 2.75) is 51.6 Å². The number of carbonyl (C=O) groups excluding carboxylic acids is 4. The van der Waals surface area contributed by atoms with Crippen LogP contribution in [0.4, 0.5) is 37.8 Å². The number of nitrogens with zero attached hydrogens (tertiary/aromatic N) is 4. The van der Waals surface area contributed by atoms with Crippen molar-refractivity contribution in [1.82, 2.24) is 9.78 Å². The fourth-order valence-electron chi connectivity index (χ4n) is 10.7. The number of anilines is 2. The van der Waals surface area contributed by atoms with Crippen LogP contribution in [0.3, 0.4) is 0 Å². The van der Waals surface area contributed by atoms with Gasteiger partial charge in [-0.25, -0.2) is 9.80 Å². The second-order valence-electron chi connectivity index (χ2n) is 17.6. The van der Waals surface area contributed by atoms with Crippen molar-refractivity contribution in [3.63, 3.8) is 0 Å². The van der Waals surface area contributed by atoms with Crippen molar-refractivity contribution in [2.24, 2.45) is 36.1 Å². The lowest BCUT2D eigenvalue weighted by molar-refractivity contribution is -0.143. The van der Waals surface area contributed by atoms with Gasteiger partial charge in [0.05, 0.1) is 44.9 Å². The second-order valence-corrected chi connectivity index (χ2v) is 19.1. The average molecular weight is 959 g/mol. The number of ether oxygens (including phenoxy) is 1. The summed E-state index contributed by atoms with van der Waals surface area (Å²) in [6.45, 7) is 3.68. The summed E-state index contributed by atoms with van der Waals surface area (Å²) in [6.07, 6.45) is -9.22. The van der Waals surface area contributed by atoms with Gasteiger partial charge < -0.3 is 9.84 Å². The van der Waals surface area contributed by atoms with Crippen LogP contribution in [0.2, 0.25) is 5.02 Å². The van der Waals surface area contributed by atoms with Crippen LogP contribution in [0.25, 0.3) is 20.7 Å². The van der Waals surface area contributed by atoms with Gasteiger partial charge in [-0.2, -0.15) is 31.4 Å². The number of phenolic OH excluding ortho intramolecular Hbond substituents is 1. The fraction of sp³-hybridized carbons (Fsp3) is 0.286. The number of hydrogen-bond acceptors (Lipinski definition) is 8. The number of aromatic nitrogens is 2. The van der Waals surface area contributed by atoms with Crippen LogP contribution in [0.1, 0.15) is 53.5 Å². The van der Waals surface area contributed by atoms with Gasteiger partial charge in [0.15, 0.2) is 0 Å². The van der Waals surface area contributed by atoms with Gasteiger partial charge >= 0.3 is 12.4 Å². The third-order valence-corrected chi connectivity index (χ3v) is 15.4. The van der Waals surface area contributed by atoms with Gasteiger partial charge in [-0.15, -0.1) is 11.3 Å². The zero-order chi connectivity index (χ0) is 47.6. The summed E-state index contributed by atoms with van der Waals surface area (Å²) in [4.78, 5) is 61.4. The molecule has 10 rings (SSSR count). The Morgan fingerprint density at radius 2 is 1.55 bits per heavy atom. The average Bonchev–Trinajstić information content (AvgIpc) is 3.95. The first-order valence-corrected chi connectivity index (χ1v) is 22.3. The maximum atomic E-state index is 15.3. The summed E-state index contributed by atoms with van der Waals surface area (Å²) in [5.41, 5.74) is -3.11. The van der Waals surface area contributed by atoms with Crippen LogP contribution in [-0.4, -0.2) is 38.5 Å². The van der Waals surface area contributed by atoms with Crippen molar-refractivity contribution in [3.8, 4) is 22.1 Å². The first kappa shape index (κ1) is 44.4. The van der Waals surface area contributed by atoms with Crippen LogP contribution in [0.15, 0.2) is 103 Å². The second kappa shape index (κ2) is 15.6. The summed E-state index contributed by atoms with van der Waals surface area (Å²) < 4.78 is 92.5. The monoisotopic (exact) mass is 958 g/mol. The number of phenols is 1. The van der Waals surface area contributed by atoms with Crippen LogP contribution < -0.4 is 14.5 Å². The van der Waals surface area contributed by atoms with E-state index in [0.717, 1.165) is 31.0 Å². The highest BCUT2D eigenvalue weighted by Crippen LogP contribution is 2.65. The number of carbonyl (C=O) groups is 4. The third-order valence-electron chi connectivity index (χ3n) is 13.9. The topological polar surface area (TPSA) is 122 Å². The van der Waals surface area contributed by atoms with E-state index in [2.05, 4.69) is 0 Å². The largest absolute Gasteiger partial charge is 0.508 e. The number of rotatable bonds is 7. The quantitative estimate of drug-likeness (QED) is 0.0960. The smallest absolute Gasteiger partial charge is 0.416 e. The molecule has 6 aromatic rings. The first-order chi connectivity index (χ1) is 31.7. The summed E-state index contributed by atoms with van der Waals surface area (Å²) >= 11 is 7.76. The summed E-state index contributed by atoms with van der Waals surface area (Å²) in [5.74, 6) is -9.12. The first-order valence-electron chi connectivity index (χ1n) is 21.1. The van der Waals surface area contributed by atoms with E-state index >= 15 is 9.59 Å². The molecule has 10 nitrogen and oxygen atoms in total. The molecular weight excluding hydrogens is 922 g/mol. The van der Waals surface area contributed by atoms with Gasteiger partial charge in [0.1, 0.15) is 29.6 Å². The predicted octanol–water partition coefficient (Wildman–Crippen LogP) is 11.0. The van der Waals surface area contributed by atoms with Gasteiger partial charge in [-0.1, -0.05) is 59.6 Å². The Balaban J connectivity index is 1.07. The number of imide groups is 2. The molecule has 3 fully saturated rings. The Morgan fingerprint density at radius 1 is 0.851 bits per heavy atom. The molecule has 18 heteroatoms. The number of thiophene rings is 1.